The summed E-state index contributed by atoms with van der Waals surface area (Å²) in [5, 5.41) is 0. The number of para-hydroxylation sites is 1. The van der Waals surface area contributed by atoms with Crippen molar-refractivity contribution in [1.29, 1.82) is 0 Å². The Bertz CT molecular complexity index is 1490. The van der Waals surface area contributed by atoms with E-state index in [0.29, 0.717) is 16.8 Å². The van der Waals surface area contributed by atoms with Crippen molar-refractivity contribution < 1.29 is 4.42 Å². The molecule has 8 heteroatoms. The first kappa shape index (κ1) is 19.6. The van der Waals surface area contributed by atoms with E-state index in [2.05, 4.69) is 43.4 Å². The lowest BCUT2D eigenvalue weighted by molar-refractivity contribution is 0.247. The van der Waals surface area contributed by atoms with Gasteiger partial charge in [-0.25, -0.2) is 9.78 Å². The number of nitrogens with one attached hydrogen (secondary N) is 1. The fraction of sp³-hybridized carbons (Fsp3) is 0.200. The largest absolute Gasteiger partial charge is 0.417 e. The number of hydrogen-bond donors (Lipinski definition) is 2. The van der Waals surface area contributed by atoms with Gasteiger partial charge in [0.2, 0.25) is 0 Å². The molecule has 166 valence electrons. The minimum Gasteiger partial charge on any atom is -0.408 e. The molecule has 0 spiro atoms. The fourth-order valence-corrected chi connectivity index (χ4v) is 4.60. The van der Waals surface area contributed by atoms with Crippen LogP contribution in [0.25, 0.3) is 28.0 Å². The minimum atomic E-state index is -0.457. The third-order valence-corrected chi connectivity index (χ3v) is 6.30. The lowest BCUT2D eigenvalue weighted by Crippen LogP contribution is -2.46. The van der Waals surface area contributed by atoms with Crippen LogP contribution in [0.2, 0.25) is 0 Å². The summed E-state index contributed by atoms with van der Waals surface area (Å²) in [4.78, 5) is 24.1. The number of nitrogens with zero attached hydrogens (tertiary/aromatic N) is 4. The van der Waals surface area contributed by atoms with Gasteiger partial charge >= 0.3 is 5.76 Å². The highest BCUT2D eigenvalue weighted by Gasteiger charge is 2.22. The Morgan fingerprint density at radius 2 is 1.82 bits per heavy atom. The summed E-state index contributed by atoms with van der Waals surface area (Å²) in [6.07, 6.45) is 1.93. The number of pyridine rings is 1. The molecule has 1 aliphatic heterocycles. The predicted octanol–water partition coefficient (Wildman–Crippen LogP) is 3.34. The third-order valence-electron chi connectivity index (χ3n) is 6.30. The second kappa shape index (κ2) is 7.83. The van der Waals surface area contributed by atoms with E-state index in [4.69, 9.17) is 15.1 Å². The quantitative estimate of drug-likeness (QED) is 0.445. The van der Waals surface area contributed by atoms with Gasteiger partial charge in [-0.05, 0) is 36.4 Å². The van der Waals surface area contributed by atoms with Crippen LogP contribution in [-0.2, 0) is 6.54 Å². The van der Waals surface area contributed by atoms with Gasteiger partial charge in [-0.1, -0.05) is 24.3 Å². The Kier molecular flexibility index (Phi) is 4.66. The summed E-state index contributed by atoms with van der Waals surface area (Å²) in [5.41, 5.74) is 13.0. The van der Waals surface area contributed by atoms with Gasteiger partial charge in [0, 0.05) is 55.9 Å². The molecule has 0 radical (unpaired) electrons. The number of benzene rings is 2. The molecule has 8 nitrogen and oxygen atoms in total. The van der Waals surface area contributed by atoms with Crippen molar-refractivity contribution in [2.45, 2.75) is 6.54 Å². The number of piperazine rings is 1. The van der Waals surface area contributed by atoms with Crippen molar-refractivity contribution >= 4 is 28.1 Å². The van der Waals surface area contributed by atoms with E-state index < -0.39 is 5.76 Å². The summed E-state index contributed by atoms with van der Waals surface area (Å²) in [7, 11) is 0. The van der Waals surface area contributed by atoms with Crippen LogP contribution in [0.4, 0.5) is 11.4 Å². The number of aromatic nitrogens is 3. The molecule has 33 heavy (non-hydrogen) atoms. The summed E-state index contributed by atoms with van der Waals surface area (Å²) < 4.78 is 7.36. The van der Waals surface area contributed by atoms with E-state index in [-0.39, 0.29) is 0 Å². The SMILES string of the molecule is Nc1ccc2nc(-c3ccc4[nH]c(=O)oc4c3)c(CN3CCN(c4ccccc4)CC3)n2c1. The zero-order chi connectivity index (χ0) is 22.4. The zero-order valence-electron chi connectivity index (χ0n) is 18.1. The molecule has 2 aromatic carbocycles. The number of imidazole rings is 1. The maximum absolute atomic E-state index is 11.6. The van der Waals surface area contributed by atoms with E-state index in [1.54, 1.807) is 0 Å². The molecule has 0 saturated carbocycles. The number of H-pyrrole nitrogens is 1. The first-order chi connectivity index (χ1) is 16.1. The second-order valence-corrected chi connectivity index (χ2v) is 8.42. The predicted molar refractivity (Wildman–Crippen MR) is 129 cm³/mol. The van der Waals surface area contributed by atoms with Crippen LogP contribution in [0.5, 0.6) is 0 Å². The molecule has 3 aromatic heterocycles. The highest BCUT2D eigenvalue weighted by Crippen LogP contribution is 2.29. The van der Waals surface area contributed by atoms with Gasteiger partial charge in [-0.2, -0.15) is 0 Å². The van der Waals surface area contributed by atoms with Crippen LogP contribution in [-0.4, -0.2) is 45.4 Å². The van der Waals surface area contributed by atoms with Gasteiger partial charge < -0.3 is 19.5 Å². The molecule has 0 atom stereocenters. The summed E-state index contributed by atoms with van der Waals surface area (Å²) in [5.74, 6) is -0.457. The summed E-state index contributed by atoms with van der Waals surface area (Å²) in [6, 6.07) is 20.0. The number of anilines is 2. The molecular weight excluding hydrogens is 416 g/mol. The van der Waals surface area contributed by atoms with Crippen LogP contribution >= 0.6 is 0 Å². The number of hydrogen-bond acceptors (Lipinski definition) is 6. The number of rotatable bonds is 4. The fourth-order valence-electron chi connectivity index (χ4n) is 4.60. The average molecular weight is 441 g/mol. The second-order valence-electron chi connectivity index (χ2n) is 8.42. The first-order valence-electron chi connectivity index (χ1n) is 11.1. The highest BCUT2D eigenvalue weighted by atomic mass is 16.4. The molecule has 4 heterocycles. The average Bonchev–Trinajstić information content (AvgIpc) is 3.39. The number of nitrogens with two attached hydrogens (primary N) is 1. The van der Waals surface area contributed by atoms with Crippen molar-refractivity contribution in [3.05, 3.63) is 83.1 Å². The Hall–Kier alpha value is -4.04. The van der Waals surface area contributed by atoms with Crippen molar-refractivity contribution in [3.63, 3.8) is 0 Å². The summed E-state index contributed by atoms with van der Waals surface area (Å²) in [6.45, 7) is 4.60. The van der Waals surface area contributed by atoms with Gasteiger partial charge in [0.1, 0.15) is 5.65 Å². The van der Waals surface area contributed by atoms with Crippen molar-refractivity contribution in [1.82, 2.24) is 19.3 Å². The van der Waals surface area contributed by atoms with Crippen LogP contribution in [0.15, 0.2) is 76.1 Å². The smallest absolute Gasteiger partial charge is 0.408 e. The lowest BCUT2D eigenvalue weighted by atomic mass is 10.1. The lowest BCUT2D eigenvalue weighted by Gasteiger charge is -2.36. The Morgan fingerprint density at radius 1 is 1.00 bits per heavy atom. The molecule has 0 aliphatic carbocycles. The molecule has 0 amide bonds. The molecule has 0 unspecified atom stereocenters. The van der Waals surface area contributed by atoms with Crippen molar-refractivity contribution in [3.8, 4) is 11.3 Å². The van der Waals surface area contributed by atoms with Crippen LogP contribution < -0.4 is 16.4 Å². The number of nitrogen functional groups attached to an aromatic ring is 1. The van der Waals surface area contributed by atoms with E-state index in [9.17, 15) is 4.79 Å². The maximum atomic E-state index is 11.6. The number of oxazole rings is 1. The van der Waals surface area contributed by atoms with Crippen LogP contribution in [0.1, 0.15) is 5.69 Å². The van der Waals surface area contributed by atoms with E-state index in [1.807, 2.05) is 42.6 Å². The van der Waals surface area contributed by atoms with Gasteiger partial charge in [0.05, 0.1) is 16.9 Å². The van der Waals surface area contributed by atoms with E-state index in [1.165, 1.54) is 5.69 Å². The molecule has 0 bridgehead atoms. The monoisotopic (exact) mass is 440 g/mol. The zero-order valence-corrected chi connectivity index (χ0v) is 18.1. The van der Waals surface area contributed by atoms with Crippen molar-refractivity contribution in [2.75, 3.05) is 36.8 Å². The molecular formula is C25H24N6O2. The number of aromatic amines is 1. The van der Waals surface area contributed by atoms with Crippen LogP contribution in [0.3, 0.4) is 0 Å². The Labute approximate surface area is 189 Å². The Balaban J connectivity index is 1.34. The van der Waals surface area contributed by atoms with Gasteiger partial charge in [0.15, 0.2) is 5.58 Å². The number of fused-ring (bicyclic) bond motifs is 2. The van der Waals surface area contributed by atoms with Gasteiger partial charge in [-0.3, -0.25) is 9.88 Å². The van der Waals surface area contributed by atoms with E-state index in [0.717, 1.165) is 55.3 Å². The molecule has 3 N–H and O–H groups in total. The van der Waals surface area contributed by atoms with Gasteiger partial charge in [-0.15, -0.1) is 0 Å². The normalized spacial score (nSPS) is 15.0. The molecule has 5 aromatic rings. The Morgan fingerprint density at radius 3 is 2.64 bits per heavy atom. The summed E-state index contributed by atoms with van der Waals surface area (Å²) >= 11 is 0. The maximum Gasteiger partial charge on any atom is 0.417 e. The highest BCUT2D eigenvalue weighted by molar-refractivity contribution is 5.80. The topological polar surface area (TPSA) is 95.8 Å². The van der Waals surface area contributed by atoms with Crippen molar-refractivity contribution in [2.24, 2.45) is 0 Å². The third kappa shape index (κ3) is 3.64. The standard InChI is InChI=1S/C25H24N6O2/c26-18-7-9-23-28-24(17-6-8-20-22(14-17)33-25(32)27-20)21(31(23)15-18)16-29-10-12-30(13-11-29)19-4-2-1-3-5-19/h1-9,14-15H,10-13,16,26H2,(H,27,32). The van der Waals surface area contributed by atoms with Crippen LogP contribution in [0, 0.1) is 0 Å². The molecule has 1 saturated heterocycles. The first-order valence-corrected chi connectivity index (χ1v) is 11.1. The molecule has 1 fully saturated rings. The minimum absolute atomic E-state index is 0.457. The molecule has 6 rings (SSSR count). The van der Waals surface area contributed by atoms with Gasteiger partial charge in [0.25, 0.3) is 0 Å². The molecule has 1 aliphatic rings. The van der Waals surface area contributed by atoms with E-state index >= 15 is 0 Å².